The van der Waals surface area contributed by atoms with Crippen molar-refractivity contribution in [3.8, 4) is 0 Å². The molecule has 0 aliphatic carbocycles. The van der Waals surface area contributed by atoms with Crippen LogP contribution in [0.5, 0.6) is 0 Å². The molecule has 1 aromatic carbocycles. The highest BCUT2D eigenvalue weighted by atomic mass is 16.2. The van der Waals surface area contributed by atoms with E-state index in [2.05, 4.69) is 32.3 Å². The van der Waals surface area contributed by atoms with E-state index in [1.54, 1.807) is 19.3 Å². The van der Waals surface area contributed by atoms with Crippen LogP contribution in [0, 0.1) is 5.92 Å². The van der Waals surface area contributed by atoms with E-state index in [0.717, 1.165) is 38.3 Å². The van der Waals surface area contributed by atoms with Gasteiger partial charge in [-0.1, -0.05) is 24.3 Å². The number of aromatic nitrogens is 2. The smallest absolute Gasteiger partial charge is 0.268 e. The maximum Gasteiger partial charge on any atom is 0.268 e. The maximum absolute atomic E-state index is 12.3. The molecule has 7 nitrogen and oxygen atoms in total. The molecule has 1 fully saturated rings. The molecule has 27 heavy (non-hydrogen) atoms. The van der Waals surface area contributed by atoms with Gasteiger partial charge in [0, 0.05) is 45.8 Å². The number of fused-ring (bicyclic) bond motifs is 1. The molecule has 0 radical (unpaired) electrons. The Kier molecular flexibility index (Phi) is 4.94. The molecule has 2 aliphatic heterocycles. The Hall–Kier alpha value is -2.67. The predicted molar refractivity (Wildman–Crippen MR) is 103 cm³/mol. The minimum absolute atomic E-state index is 0.0801. The lowest BCUT2D eigenvalue weighted by Crippen LogP contribution is -2.37. The summed E-state index contributed by atoms with van der Waals surface area (Å²) in [6, 6.07) is 9.98. The van der Waals surface area contributed by atoms with Crippen molar-refractivity contribution in [1.82, 2.24) is 20.0 Å². The van der Waals surface area contributed by atoms with Crippen LogP contribution in [0.25, 0.3) is 0 Å². The van der Waals surface area contributed by atoms with Crippen LogP contribution in [0.15, 0.2) is 41.3 Å². The first-order chi connectivity index (χ1) is 13.1. The van der Waals surface area contributed by atoms with Crippen LogP contribution in [0.1, 0.15) is 17.5 Å². The van der Waals surface area contributed by atoms with Crippen molar-refractivity contribution in [3.63, 3.8) is 0 Å². The third-order valence-electron chi connectivity index (χ3n) is 5.47. The fourth-order valence-electron chi connectivity index (χ4n) is 3.90. The highest BCUT2D eigenvalue weighted by Gasteiger charge is 2.25. The zero-order chi connectivity index (χ0) is 18.8. The minimum atomic E-state index is -0.101. The van der Waals surface area contributed by atoms with Crippen molar-refractivity contribution in [2.45, 2.75) is 19.5 Å². The Bertz CT molecular complexity index is 869. The Morgan fingerprint density at radius 1 is 1.26 bits per heavy atom. The summed E-state index contributed by atoms with van der Waals surface area (Å²) in [4.78, 5) is 28.4. The molecule has 0 bridgehead atoms. The van der Waals surface area contributed by atoms with Crippen LogP contribution in [0.2, 0.25) is 0 Å². The second-order valence-electron chi connectivity index (χ2n) is 7.49. The Morgan fingerprint density at radius 2 is 2.00 bits per heavy atom. The van der Waals surface area contributed by atoms with Crippen LogP contribution in [-0.4, -0.2) is 46.8 Å². The summed E-state index contributed by atoms with van der Waals surface area (Å²) in [6.45, 7) is 4.52. The number of nitrogens with one attached hydrogen (secondary N) is 1. The van der Waals surface area contributed by atoms with Crippen LogP contribution in [-0.2, 0) is 24.9 Å². The van der Waals surface area contributed by atoms with Gasteiger partial charge in [-0.3, -0.25) is 14.5 Å². The normalized spacial score (nSPS) is 19.3. The number of aryl methyl sites for hydroxylation is 1. The number of hydrogen-bond donors (Lipinski definition) is 1. The Morgan fingerprint density at radius 3 is 2.70 bits per heavy atom. The first-order valence-corrected chi connectivity index (χ1v) is 9.42. The lowest BCUT2D eigenvalue weighted by molar-refractivity contribution is -0.122. The summed E-state index contributed by atoms with van der Waals surface area (Å²) in [5, 5.41) is 7.17. The first-order valence-electron chi connectivity index (χ1n) is 9.42. The summed E-state index contributed by atoms with van der Waals surface area (Å²) < 4.78 is 1.33. The molecule has 1 aromatic heterocycles. The fraction of sp³-hybridized carbons (Fsp3) is 0.450. The molecule has 4 rings (SSSR count). The molecule has 0 saturated carbocycles. The Labute approximate surface area is 158 Å². The molecule has 1 atom stereocenters. The maximum atomic E-state index is 12.3. The molecule has 3 heterocycles. The van der Waals surface area contributed by atoms with Gasteiger partial charge in [-0.2, -0.15) is 5.10 Å². The van der Waals surface area contributed by atoms with E-state index in [4.69, 9.17) is 0 Å². The number of amides is 1. The topological polar surface area (TPSA) is 70.5 Å². The average Bonchev–Trinajstić information content (AvgIpc) is 3.28. The summed E-state index contributed by atoms with van der Waals surface area (Å²) >= 11 is 0. The SMILES string of the molecule is Cn1ncc(N2CC[C@H](CNC(=O)CN3Cc4ccccc4C3)C2)cc1=O. The van der Waals surface area contributed by atoms with Gasteiger partial charge in [0.15, 0.2) is 0 Å². The quantitative estimate of drug-likeness (QED) is 0.844. The van der Waals surface area contributed by atoms with E-state index in [1.165, 1.54) is 15.8 Å². The number of rotatable bonds is 5. The third-order valence-corrected chi connectivity index (χ3v) is 5.47. The second-order valence-corrected chi connectivity index (χ2v) is 7.49. The van der Waals surface area contributed by atoms with E-state index in [9.17, 15) is 9.59 Å². The fourth-order valence-corrected chi connectivity index (χ4v) is 3.90. The number of benzene rings is 1. The van der Waals surface area contributed by atoms with Gasteiger partial charge in [0.25, 0.3) is 5.56 Å². The number of carbonyl (C=O) groups is 1. The number of anilines is 1. The lowest BCUT2D eigenvalue weighted by Gasteiger charge is -2.19. The summed E-state index contributed by atoms with van der Waals surface area (Å²) in [5.41, 5.74) is 3.40. The first kappa shape index (κ1) is 17.7. The van der Waals surface area contributed by atoms with Gasteiger partial charge in [0.05, 0.1) is 18.4 Å². The molecule has 1 N–H and O–H groups in total. The molecule has 1 amide bonds. The Balaban J connectivity index is 1.23. The van der Waals surface area contributed by atoms with E-state index in [0.29, 0.717) is 19.0 Å². The summed E-state index contributed by atoms with van der Waals surface area (Å²) in [5.74, 6) is 0.477. The van der Waals surface area contributed by atoms with Crippen molar-refractivity contribution >= 4 is 11.6 Å². The van der Waals surface area contributed by atoms with E-state index in [-0.39, 0.29) is 11.5 Å². The van der Waals surface area contributed by atoms with Crippen molar-refractivity contribution in [2.24, 2.45) is 13.0 Å². The van der Waals surface area contributed by atoms with Gasteiger partial charge < -0.3 is 10.2 Å². The number of carbonyl (C=O) groups excluding carboxylic acids is 1. The van der Waals surface area contributed by atoms with Gasteiger partial charge in [-0.15, -0.1) is 0 Å². The van der Waals surface area contributed by atoms with Crippen LogP contribution in [0.4, 0.5) is 5.69 Å². The van der Waals surface area contributed by atoms with E-state index in [1.807, 2.05) is 12.1 Å². The molecule has 0 spiro atoms. The molecule has 142 valence electrons. The zero-order valence-corrected chi connectivity index (χ0v) is 15.6. The number of nitrogens with zero attached hydrogens (tertiary/aromatic N) is 4. The van der Waals surface area contributed by atoms with Gasteiger partial charge in [0.2, 0.25) is 5.91 Å². The van der Waals surface area contributed by atoms with Crippen molar-refractivity contribution in [1.29, 1.82) is 0 Å². The second kappa shape index (κ2) is 7.52. The van der Waals surface area contributed by atoms with Crippen LogP contribution in [0.3, 0.4) is 0 Å². The largest absolute Gasteiger partial charge is 0.370 e. The van der Waals surface area contributed by atoms with Crippen molar-refractivity contribution < 1.29 is 4.79 Å². The molecule has 1 saturated heterocycles. The predicted octanol–water partition coefficient (Wildman–Crippen LogP) is 0.739. The standard InChI is InChI=1S/C20H25N5O2/c1-23-20(27)8-18(10-22-23)25-7-6-15(11-25)9-21-19(26)14-24-12-16-4-2-3-5-17(16)13-24/h2-5,8,10,15H,6-7,9,11-14H2,1H3,(H,21,26)/t15-/m1/s1. The summed E-state index contributed by atoms with van der Waals surface area (Å²) in [6.07, 6.45) is 2.73. The van der Waals surface area contributed by atoms with Crippen molar-refractivity contribution in [2.75, 3.05) is 31.1 Å². The molecule has 2 aromatic rings. The van der Waals surface area contributed by atoms with Gasteiger partial charge in [-0.05, 0) is 23.5 Å². The molecular formula is C20H25N5O2. The molecule has 2 aliphatic rings. The lowest BCUT2D eigenvalue weighted by atomic mass is 10.1. The van der Waals surface area contributed by atoms with Gasteiger partial charge in [-0.25, -0.2) is 4.68 Å². The van der Waals surface area contributed by atoms with E-state index >= 15 is 0 Å². The van der Waals surface area contributed by atoms with Crippen molar-refractivity contribution in [3.05, 3.63) is 58.0 Å². The third kappa shape index (κ3) is 4.03. The van der Waals surface area contributed by atoms with E-state index < -0.39 is 0 Å². The average molecular weight is 367 g/mol. The van der Waals surface area contributed by atoms with Crippen LogP contribution < -0.4 is 15.8 Å². The summed E-state index contributed by atoms with van der Waals surface area (Å²) in [7, 11) is 1.65. The molecular weight excluding hydrogens is 342 g/mol. The van der Waals surface area contributed by atoms with Crippen LogP contribution >= 0.6 is 0 Å². The van der Waals surface area contributed by atoms with Gasteiger partial charge in [0.1, 0.15) is 0 Å². The minimum Gasteiger partial charge on any atom is -0.370 e. The van der Waals surface area contributed by atoms with Gasteiger partial charge >= 0.3 is 0 Å². The highest BCUT2D eigenvalue weighted by molar-refractivity contribution is 5.78. The molecule has 7 heteroatoms. The molecule has 0 unspecified atom stereocenters. The highest BCUT2D eigenvalue weighted by Crippen LogP contribution is 2.23. The monoisotopic (exact) mass is 367 g/mol. The zero-order valence-electron chi connectivity index (χ0n) is 15.6. The number of hydrogen-bond acceptors (Lipinski definition) is 5.